The van der Waals surface area contributed by atoms with Crippen LogP contribution in [0.15, 0.2) is 60.7 Å². The van der Waals surface area contributed by atoms with Gasteiger partial charge in [-0.2, -0.15) is 5.26 Å². The van der Waals surface area contributed by atoms with Crippen LogP contribution in [0.25, 0.3) is 21.9 Å². The molecule has 0 bridgehead atoms. The molecule has 0 aliphatic carbocycles. The molecule has 0 unspecified atom stereocenters. The number of fused-ring (bicyclic) bond motifs is 1. The lowest BCUT2D eigenvalue weighted by molar-refractivity contribution is 0.282. The van der Waals surface area contributed by atoms with Gasteiger partial charge >= 0.3 is 0 Å². The highest BCUT2D eigenvalue weighted by Crippen LogP contribution is 2.28. The van der Waals surface area contributed by atoms with Gasteiger partial charge in [0.2, 0.25) is 0 Å². The summed E-state index contributed by atoms with van der Waals surface area (Å²) in [6.07, 6.45) is 0. The Morgan fingerprint density at radius 2 is 1.70 bits per heavy atom. The van der Waals surface area contributed by atoms with E-state index >= 15 is 0 Å². The highest BCUT2D eigenvalue weighted by molar-refractivity contribution is 5.88. The second-order valence-electron chi connectivity index (χ2n) is 4.71. The molecule has 0 aliphatic rings. The van der Waals surface area contributed by atoms with Crippen LogP contribution in [0.3, 0.4) is 0 Å². The highest BCUT2D eigenvalue weighted by Gasteiger charge is 2.07. The van der Waals surface area contributed by atoms with E-state index in [1.54, 1.807) is 12.1 Å². The first-order valence-corrected chi connectivity index (χ1v) is 6.45. The van der Waals surface area contributed by atoms with Gasteiger partial charge in [0.15, 0.2) is 0 Å². The molecule has 2 heteroatoms. The van der Waals surface area contributed by atoms with Crippen LogP contribution in [-0.4, -0.2) is 5.11 Å². The zero-order valence-corrected chi connectivity index (χ0v) is 10.9. The summed E-state index contributed by atoms with van der Waals surface area (Å²) in [5, 5.41) is 20.8. The molecule has 3 aromatic carbocycles. The maximum Gasteiger partial charge on any atom is 0.0998 e. The van der Waals surface area contributed by atoms with Crippen molar-refractivity contribution in [3.63, 3.8) is 0 Å². The molecule has 2 nitrogen and oxygen atoms in total. The molecule has 0 aromatic heterocycles. The molecule has 0 atom stereocenters. The second-order valence-corrected chi connectivity index (χ2v) is 4.71. The van der Waals surface area contributed by atoms with Crippen LogP contribution in [0.5, 0.6) is 0 Å². The van der Waals surface area contributed by atoms with Crippen molar-refractivity contribution < 1.29 is 5.11 Å². The molecule has 3 rings (SSSR count). The average molecular weight is 259 g/mol. The zero-order chi connectivity index (χ0) is 13.9. The fraction of sp³-hybridized carbons (Fsp3) is 0.0556. The number of aliphatic hydroxyl groups is 1. The first-order valence-electron chi connectivity index (χ1n) is 6.45. The standard InChI is InChI=1S/C18H13NO/c19-11-17-6-5-13(12-20)9-18(17)16-8-7-14-3-1-2-4-15(14)10-16/h1-10,20H,12H2. The lowest BCUT2D eigenvalue weighted by atomic mass is 9.96. The minimum absolute atomic E-state index is 0.0215. The lowest BCUT2D eigenvalue weighted by Crippen LogP contribution is -1.89. The van der Waals surface area contributed by atoms with E-state index in [1.165, 1.54) is 5.39 Å². The number of nitriles is 1. The van der Waals surface area contributed by atoms with Crippen LogP contribution in [-0.2, 0) is 6.61 Å². The van der Waals surface area contributed by atoms with Gasteiger partial charge in [-0.1, -0.05) is 42.5 Å². The van der Waals surface area contributed by atoms with E-state index < -0.39 is 0 Å². The quantitative estimate of drug-likeness (QED) is 0.759. The smallest absolute Gasteiger partial charge is 0.0998 e. The van der Waals surface area contributed by atoms with E-state index in [2.05, 4.69) is 30.3 Å². The summed E-state index contributed by atoms with van der Waals surface area (Å²) in [6.45, 7) is -0.0215. The van der Waals surface area contributed by atoms with Crippen LogP contribution in [0.2, 0.25) is 0 Å². The Bertz CT molecular complexity index is 815. The van der Waals surface area contributed by atoms with Gasteiger partial charge in [0.25, 0.3) is 0 Å². The number of nitrogens with zero attached hydrogens (tertiary/aromatic N) is 1. The van der Waals surface area contributed by atoms with E-state index in [0.717, 1.165) is 22.1 Å². The van der Waals surface area contributed by atoms with E-state index in [1.807, 2.05) is 24.3 Å². The van der Waals surface area contributed by atoms with E-state index in [4.69, 9.17) is 0 Å². The number of aliphatic hydroxyl groups excluding tert-OH is 1. The SMILES string of the molecule is N#Cc1ccc(CO)cc1-c1ccc2ccccc2c1. The summed E-state index contributed by atoms with van der Waals surface area (Å²) in [6, 6.07) is 21.9. The first kappa shape index (κ1) is 12.4. The van der Waals surface area contributed by atoms with Crippen molar-refractivity contribution in [3.05, 3.63) is 71.8 Å². The minimum atomic E-state index is -0.0215. The predicted octanol–water partition coefficient (Wildman–Crippen LogP) is 3.87. The van der Waals surface area contributed by atoms with Crippen LogP contribution in [0.1, 0.15) is 11.1 Å². The minimum Gasteiger partial charge on any atom is -0.392 e. The van der Waals surface area contributed by atoms with Crippen molar-refractivity contribution in [2.24, 2.45) is 0 Å². The van der Waals surface area contributed by atoms with Crippen molar-refractivity contribution in [1.82, 2.24) is 0 Å². The van der Waals surface area contributed by atoms with E-state index in [-0.39, 0.29) is 6.61 Å². The molecule has 0 radical (unpaired) electrons. The molecule has 0 saturated heterocycles. The fourth-order valence-corrected chi connectivity index (χ4v) is 2.38. The largest absolute Gasteiger partial charge is 0.392 e. The number of hydrogen-bond acceptors (Lipinski definition) is 2. The molecule has 0 heterocycles. The topological polar surface area (TPSA) is 44.0 Å². The van der Waals surface area contributed by atoms with Crippen molar-refractivity contribution >= 4 is 10.8 Å². The molecular formula is C18H13NO. The van der Waals surface area contributed by atoms with Crippen molar-refractivity contribution in [3.8, 4) is 17.2 Å². The normalized spacial score (nSPS) is 10.4. The monoisotopic (exact) mass is 259 g/mol. The number of hydrogen-bond donors (Lipinski definition) is 1. The van der Waals surface area contributed by atoms with Gasteiger partial charge in [-0.15, -0.1) is 0 Å². The molecule has 0 saturated carbocycles. The summed E-state index contributed by atoms with van der Waals surface area (Å²) in [4.78, 5) is 0. The Morgan fingerprint density at radius 1 is 0.900 bits per heavy atom. The van der Waals surface area contributed by atoms with Crippen LogP contribution < -0.4 is 0 Å². The molecule has 0 spiro atoms. The molecule has 0 fully saturated rings. The van der Waals surface area contributed by atoms with Crippen LogP contribution in [0, 0.1) is 11.3 Å². The van der Waals surface area contributed by atoms with Gasteiger partial charge in [-0.3, -0.25) is 0 Å². The molecule has 1 N–H and O–H groups in total. The van der Waals surface area contributed by atoms with Gasteiger partial charge in [0.05, 0.1) is 18.2 Å². The Kier molecular flexibility index (Phi) is 3.20. The van der Waals surface area contributed by atoms with Gasteiger partial charge in [0, 0.05) is 0 Å². The predicted molar refractivity (Wildman–Crippen MR) is 80.0 cm³/mol. The highest BCUT2D eigenvalue weighted by atomic mass is 16.3. The molecule has 96 valence electrons. The molecule has 20 heavy (non-hydrogen) atoms. The summed E-state index contributed by atoms with van der Waals surface area (Å²) in [5.41, 5.74) is 3.30. The zero-order valence-electron chi connectivity index (χ0n) is 10.9. The van der Waals surface area contributed by atoms with Gasteiger partial charge < -0.3 is 5.11 Å². The number of rotatable bonds is 2. The summed E-state index contributed by atoms with van der Waals surface area (Å²) < 4.78 is 0. The van der Waals surface area contributed by atoms with Gasteiger partial charge in [0.1, 0.15) is 0 Å². The summed E-state index contributed by atoms with van der Waals surface area (Å²) >= 11 is 0. The molecular weight excluding hydrogens is 246 g/mol. The molecule has 3 aromatic rings. The Labute approximate surface area is 117 Å². The first-order chi connectivity index (χ1) is 9.81. The summed E-state index contributed by atoms with van der Waals surface area (Å²) in [5.74, 6) is 0. The Morgan fingerprint density at radius 3 is 2.45 bits per heavy atom. The molecule has 0 aliphatic heterocycles. The van der Waals surface area contributed by atoms with E-state index in [0.29, 0.717) is 5.56 Å². The average Bonchev–Trinajstić information content (AvgIpc) is 2.53. The Balaban J connectivity index is 2.22. The molecule has 0 amide bonds. The number of benzene rings is 3. The van der Waals surface area contributed by atoms with Crippen molar-refractivity contribution in [1.29, 1.82) is 5.26 Å². The third kappa shape index (κ3) is 2.16. The fourth-order valence-electron chi connectivity index (χ4n) is 2.38. The second kappa shape index (κ2) is 5.16. The van der Waals surface area contributed by atoms with Crippen molar-refractivity contribution in [2.75, 3.05) is 0 Å². The third-order valence-corrected chi connectivity index (χ3v) is 3.45. The lowest BCUT2D eigenvalue weighted by Gasteiger charge is -2.08. The van der Waals surface area contributed by atoms with Gasteiger partial charge in [-0.05, 0) is 45.7 Å². The Hall–Kier alpha value is -2.63. The van der Waals surface area contributed by atoms with Crippen LogP contribution >= 0.6 is 0 Å². The van der Waals surface area contributed by atoms with Crippen LogP contribution in [0.4, 0.5) is 0 Å². The maximum atomic E-state index is 9.26. The maximum absolute atomic E-state index is 9.26. The van der Waals surface area contributed by atoms with Crippen molar-refractivity contribution in [2.45, 2.75) is 6.61 Å². The van der Waals surface area contributed by atoms with E-state index in [9.17, 15) is 10.4 Å². The third-order valence-electron chi connectivity index (χ3n) is 3.45. The summed E-state index contributed by atoms with van der Waals surface area (Å²) in [7, 11) is 0. The van der Waals surface area contributed by atoms with Gasteiger partial charge in [-0.25, -0.2) is 0 Å².